The van der Waals surface area contributed by atoms with Crippen LogP contribution in [-0.2, 0) is 9.59 Å². The molecule has 0 saturated heterocycles. The lowest BCUT2D eigenvalue weighted by Crippen LogP contribution is -2.34. The van der Waals surface area contributed by atoms with Gasteiger partial charge in [0.2, 0.25) is 5.91 Å². The third-order valence-corrected chi connectivity index (χ3v) is 3.66. The number of aliphatic carboxylic acids is 1. The minimum Gasteiger partial charge on any atom is -0.481 e. The topological polar surface area (TPSA) is 92.2 Å². The Bertz CT molecular complexity index is 557. The highest BCUT2D eigenvalue weighted by atomic mass is 35.5. The molecule has 2 rings (SSSR count). The van der Waals surface area contributed by atoms with E-state index >= 15 is 0 Å². The molecular weight excluding hydrogens is 305 g/mol. The van der Waals surface area contributed by atoms with Crippen LogP contribution in [0.25, 0.3) is 0 Å². The van der Waals surface area contributed by atoms with Gasteiger partial charge >= 0.3 is 5.97 Å². The number of nitrogens with one attached hydrogen (secondary N) is 1. The lowest BCUT2D eigenvalue weighted by molar-refractivity contribution is -0.146. The predicted molar refractivity (Wildman–Crippen MR) is 73.7 cm³/mol. The number of hydrogen-bond donors (Lipinski definition) is 2. The van der Waals surface area contributed by atoms with Crippen LogP contribution in [0, 0.1) is 11.8 Å². The maximum Gasteiger partial charge on any atom is 0.307 e. The Hall–Kier alpha value is -1.66. The number of carboxylic acid groups (broad SMARTS) is 1. The van der Waals surface area contributed by atoms with E-state index < -0.39 is 23.7 Å². The summed E-state index contributed by atoms with van der Waals surface area (Å²) in [4.78, 5) is 30.8. The second kappa shape index (κ2) is 6.19. The first-order valence-electron chi connectivity index (χ1n) is 5.85. The van der Waals surface area contributed by atoms with Crippen LogP contribution in [0.1, 0.15) is 12.8 Å². The van der Waals surface area contributed by atoms with Crippen molar-refractivity contribution in [3.63, 3.8) is 0 Å². The number of carboxylic acids is 1. The second-order valence-electron chi connectivity index (χ2n) is 4.31. The molecule has 6 nitrogen and oxygen atoms in total. The maximum absolute atomic E-state index is 12.2. The summed E-state index contributed by atoms with van der Waals surface area (Å²) in [6, 6.07) is 0. The fraction of sp³-hybridized carbons (Fsp3) is 0.333. The monoisotopic (exact) mass is 315 g/mol. The summed E-state index contributed by atoms with van der Waals surface area (Å²) in [5.41, 5.74) is 0.0968. The molecule has 1 amide bonds. The Morgan fingerprint density at radius 2 is 1.70 bits per heavy atom. The zero-order chi connectivity index (χ0) is 14.7. The van der Waals surface area contributed by atoms with Crippen molar-refractivity contribution in [3.8, 4) is 0 Å². The van der Waals surface area contributed by atoms with E-state index in [1.165, 1.54) is 6.33 Å². The van der Waals surface area contributed by atoms with Gasteiger partial charge in [0.05, 0.1) is 11.8 Å². The fourth-order valence-electron chi connectivity index (χ4n) is 2.04. The molecule has 1 aromatic rings. The number of anilines is 1. The molecule has 1 heterocycles. The molecule has 0 saturated carbocycles. The average Bonchev–Trinajstić information content (AvgIpc) is 2.43. The number of amides is 1. The molecule has 20 heavy (non-hydrogen) atoms. The number of hydrogen-bond acceptors (Lipinski definition) is 4. The van der Waals surface area contributed by atoms with Crippen LogP contribution in [0.2, 0.25) is 10.3 Å². The van der Waals surface area contributed by atoms with Gasteiger partial charge in [0, 0.05) is 0 Å². The summed E-state index contributed by atoms with van der Waals surface area (Å²) in [6.07, 6.45) is 5.39. The molecule has 1 aliphatic rings. The predicted octanol–water partition coefficient (Wildman–Crippen LogP) is 2.39. The Kier molecular flexibility index (Phi) is 4.57. The van der Waals surface area contributed by atoms with Gasteiger partial charge in [-0.05, 0) is 12.8 Å². The van der Waals surface area contributed by atoms with E-state index in [-0.39, 0.29) is 16.0 Å². The lowest BCUT2D eigenvalue weighted by atomic mass is 9.82. The average molecular weight is 316 g/mol. The summed E-state index contributed by atoms with van der Waals surface area (Å²) in [5.74, 6) is -2.90. The first-order chi connectivity index (χ1) is 9.50. The van der Waals surface area contributed by atoms with Crippen molar-refractivity contribution in [2.75, 3.05) is 5.32 Å². The molecule has 2 atom stereocenters. The van der Waals surface area contributed by atoms with Crippen LogP contribution in [0.5, 0.6) is 0 Å². The Morgan fingerprint density at radius 3 is 2.25 bits per heavy atom. The van der Waals surface area contributed by atoms with Crippen molar-refractivity contribution in [2.45, 2.75) is 12.8 Å². The van der Waals surface area contributed by atoms with Gasteiger partial charge in [0.1, 0.15) is 12.0 Å². The van der Waals surface area contributed by atoms with Crippen LogP contribution in [0.4, 0.5) is 5.69 Å². The van der Waals surface area contributed by atoms with Crippen molar-refractivity contribution in [3.05, 3.63) is 28.8 Å². The summed E-state index contributed by atoms with van der Waals surface area (Å²) in [5, 5.41) is 11.7. The van der Waals surface area contributed by atoms with E-state index in [0.717, 1.165) is 0 Å². The van der Waals surface area contributed by atoms with Crippen molar-refractivity contribution >= 4 is 40.8 Å². The number of carbonyl (C=O) groups excluding carboxylic acids is 1. The maximum atomic E-state index is 12.2. The number of rotatable bonds is 3. The molecule has 0 bridgehead atoms. The summed E-state index contributed by atoms with van der Waals surface area (Å²) < 4.78 is 0. The van der Waals surface area contributed by atoms with E-state index in [4.69, 9.17) is 28.3 Å². The highest BCUT2D eigenvalue weighted by Gasteiger charge is 2.34. The van der Waals surface area contributed by atoms with Crippen molar-refractivity contribution in [1.82, 2.24) is 9.97 Å². The molecule has 1 aliphatic carbocycles. The first-order valence-corrected chi connectivity index (χ1v) is 6.61. The zero-order valence-electron chi connectivity index (χ0n) is 10.2. The van der Waals surface area contributed by atoms with E-state index in [9.17, 15) is 9.59 Å². The molecule has 0 aliphatic heterocycles. The standard InChI is InChI=1S/C12H11Cl2N3O3/c13-9-8(10(14)16-5-15-9)17-11(18)6-3-1-2-4-7(6)12(19)20/h1-2,5-7H,3-4H2,(H,17,18)(H,19,20)/t6-,7+/m1/s1. The SMILES string of the molecule is O=C(O)[C@H]1CC=CC[C@H]1C(=O)Nc1c(Cl)ncnc1Cl. The molecule has 0 unspecified atom stereocenters. The smallest absolute Gasteiger partial charge is 0.307 e. The summed E-state index contributed by atoms with van der Waals surface area (Å²) in [6.45, 7) is 0. The minimum atomic E-state index is -1.00. The quantitative estimate of drug-likeness (QED) is 0.660. The molecule has 0 fully saturated rings. The van der Waals surface area contributed by atoms with E-state index in [1.54, 1.807) is 12.2 Å². The van der Waals surface area contributed by atoms with Gasteiger partial charge in [0.25, 0.3) is 0 Å². The van der Waals surface area contributed by atoms with Gasteiger partial charge in [-0.25, -0.2) is 9.97 Å². The molecular formula is C12H11Cl2N3O3. The highest BCUT2D eigenvalue weighted by molar-refractivity contribution is 6.38. The Balaban J connectivity index is 2.19. The van der Waals surface area contributed by atoms with Crippen LogP contribution in [-0.4, -0.2) is 27.0 Å². The molecule has 8 heteroatoms. The van der Waals surface area contributed by atoms with Crippen molar-refractivity contribution in [2.24, 2.45) is 11.8 Å². The Labute approximate surface area is 124 Å². The van der Waals surface area contributed by atoms with Crippen LogP contribution < -0.4 is 5.32 Å². The van der Waals surface area contributed by atoms with Crippen LogP contribution >= 0.6 is 23.2 Å². The van der Waals surface area contributed by atoms with Gasteiger partial charge in [-0.1, -0.05) is 35.4 Å². The third-order valence-electron chi connectivity index (χ3n) is 3.09. The van der Waals surface area contributed by atoms with E-state index in [2.05, 4.69) is 15.3 Å². The largest absolute Gasteiger partial charge is 0.481 e. The number of nitrogens with zero attached hydrogens (tertiary/aromatic N) is 2. The van der Waals surface area contributed by atoms with Gasteiger partial charge in [-0.3, -0.25) is 9.59 Å². The third kappa shape index (κ3) is 3.08. The number of carbonyl (C=O) groups is 2. The molecule has 2 N–H and O–H groups in total. The second-order valence-corrected chi connectivity index (χ2v) is 5.03. The lowest BCUT2D eigenvalue weighted by Gasteiger charge is -2.24. The number of allylic oxidation sites excluding steroid dienone is 2. The Morgan fingerprint density at radius 1 is 1.15 bits per heavy atom. The zero-order valence-corrected chi connectivity index (χ0v) is 11.7. The van der Waals surface area contributed by atoms with Crippen molar-refractivity contribution in [1.29, 1.82) is 0 Å². The van der Waals surface area contributed by atoms with Gasteiger partial charge in [-0.2, -0.15) is 0 Å². The molecule has 0 aromatic carbocycles. The molecule has 1 aromatic heterocycles. The van der Waals surface area contributed by atoms with Crippen LogP contribution in [0.15, 0.2) is 18.5 Å². The molecule has 0 radical (unpaired) electrons. The highest BCUT2D eigenvalue weighted by Crippen LogP contribution is 2.30. The van der Waals surface area contributed by atoms with Crippen molar-refractivity contribution < 1.29 is 14.7 Å². The summed E-state index contributed by atoms with van der Waals surface area (Å²) in [7, 11) is 0. The molecule has 106 valence electrons. The first kappa shape index (κ1) is 14.7. The number of aromatic nitrogens is 2. The van der Waals surface area contributed by atoms with Crippen LogP contribution in [0.3, 0.4) is 0 Å². The van der Waals surface area contributed by atoms with E-state index in [0.29, 0.717) is 12.8 Å². The summed E-state index contributed by atoms with van der Waals surface area (Å²) >= 11 is 11.7. The number of halogens is 2. The van der Waals surface area contributed by atoms with Gasteiger partial charge in [0.15, 0.2) is 10.3 Å². The van der Waals surface area contributed by atoms with Gasteiger partial charge in [-0.15, -0.1) is 0 Å². The van der Waals surface area contributed by atoms with E-state index in [1.807, 2.05) is 0 Å². The molecule has 0 spiro atoms. The fourth-order valence-corrected chi connectivity index (χ4v) is 2.45. The van der Waals surface area contributed by atoms with Gasteiger partial charge < -0.3 is 10.4 Å². The normalized spacial score (nSPS) is 21.5. The minimum absolute atomic E-state index is 0.0107.